The molecule has 0 fully saturated rings. The van der Waals surface area contributed by atoms with Crippen molar-refractivity contribution in [3.63, 3.8) is 0 Å². The van der Waals surface area contributed by atoms with Crippen LogP contribution in [0.5, 0.6) is 0 Å². The van der Waals surface area contributed by atoms with Crippen LogP contribution in [0, 0.1) is 18.7 Å². The Morgan fingerprint density at radius 3 is 2.65 bits per heavy atom. The number of halogens is 2. The Bertz CT molecular complexity index is 1140. The van der Waals surface area contributed by atoms with Crippen molar-refractivity contribution >= 4 is 11.6 Å². The fraction of sp³-hybridized carbons (Fsp3) is 0.269. The van der Waals surface area contributed by atoms with E-state index in [-0.39, 0.29) is 40.3 Å². The number of rotatable bonds is 5. The van der Waals surface area contributed by atoms with E-state index in [1.165, 1.54) is 18.6 Å². The van der Waals surface area contributed by atoms with Crippen LogP contribution in [0.1, 0.15) is 56.3 Å². The zero-order chi connectivity index (χ0) is 21.3. The van der Waals surface area contributed by atoms with Gasteiger partial charge in [0.2, 0.25) is 0 Å². The molecule has 0 spiro atoms. The second kappa shape index (κ2) is 9.65. The van der Waals surface area contributed by atoms with Gasteiger partial charge in [-0.3, -0.25) is 9.59 Å². The van der Waals surface area contributed by atoms with E-state index in [9.17, 15) is 14.0 Å². The predicted octanol–water partition coefficient (Wildman–Crippen LogP) is 1.66. The Balaban J connectivity index is 0.00000272. The minimum atomic E-state index is -0.264. The second-order valence-corrected chi connectivity index (χ2v) is 8.17. The van der Waals surface area contributed by atoms with Gasteiger partial charge < -0.3 is 17.0 Å². The SMILES string of the molecule is CC(=O)c1c[n+](Cc2ccccc2F)ccc1CC1CCc2cc(C)ccc2C1=O.[Br-]. The molecule has 3 nitrogen and oxygen atoms in total. The van der Waals surface area contributed by atoms with Crippen LogP contribution in [-0.2, 0) is 19.4 Å². The lowest BCUT2D eigenvalue weighted by Gasteiger charge is -2.24. The number of Topliss-reactive ketones (excluding diaryl/α,β-unsaturated/α-hetero) is 2. The fourth-order valence-corrected chi connectivity index (χ4v) is 4.29. The van der Waals surface area contributed by atoms with Crippen LogP contribution in [0.4, 0.5) is 4.39 Å². The van der Waals surface area contributed by atoms with Gasteiger partial charge in [0, 0.05) is 17.5 Å². The van der Waals surface area contributed by atoms with Gasteiger partial charge in [-0.05, 0) is 56.4 Å². The Morgan fingerprint density at radius 1 is 1.13 bits per heavy atom. The van der Waals surface area contributed by atoms with Crippen molar-refractivity contribution in [1.29, 1.82) is 0 Å². The smallest absolute Gasteiger partial charge is 0.180 e. The molecule has 0 N–H and O–H groups in total. The summed E-state index contributed by atoms with van der Waals surface area (Å²) in [7, 11) is 0. The monoisotopic (exact) mass is 481 g/mol. The summed E-state index contributed by atoms with van der Waals surface area (Å²) in [6.07, 6.45) is 5.84. The third-order valence-electron chi connectivity index (χ3n) is 5.92. The number of aromatic nitrogens is 1. The summed E-state index contributed by atoms with van der Waals surface area (Å²) in [6, 6.07) is 14.5. The van der Waals surface area contributed by atoms with E-state index in [1.807, 2.05) is 35.9 Å². The number of nitrogens with zero attached hydrogens (tertiary/aromatic N) is 1. The molecular weight excluding hydrogens is 457 g/mol. The lowest BCUT2D eigenvalue weighted by molar-refractivity contribution is -0.688. The Hall–Kier alpha value is -2.66. The summed E-state index contributed by atoms with van der Waals surface area (Å²) in [5.74, 6) is -0.276. The normalized spacial score (nSPS) is 15.2. The van der Waals surface area contributed by atoms with Gasteiger partial charge in [-0.2, -0.15) is 4.57 Å². The summed E-state index contributed by atoms with van der Waals surface area (Å²) >= 11 is 0. The molecule has 31 heavy (non-hydrogen) atoms. The number of carbonyl (C=O) groups is 2. The van der Waals surface area contributed by atoms with Crippen molar-refractivity contribution < 1.29 is 35.5 Å². The molecule has 3 aromatic rings. The molecule has 0 saturated carbocycles. The van der Waals surface area contributed by atoms with Gasteiger partial charge in [0.25, 0.3) is 0 Å². The van der Waals surface area contributed by atoms with Crippen LogP contribution in [0.15, 0.2) is 60.9 Å². The molecule has 1 heterocycles. The zero-order valence-electron chi connectivity index (χ0n) is 17.7. The summed E-state index contributed by atoms with van der Waals surface area (Å²) in [5, 5.41) is 0. The number of fused-ring (bicyclic) bond motifs is 1. The summed E-state index contributed by atoms with van der Waals surface area (Å²) < 4.78 is 15.8. The van der Waals surface area contributed by atoms with Crippen molar-refractivity contribution in [2.75, 3.05) is 0 Å². The van der Waals surface area contributed by atoms with Crippen molar-refractivity contribution in [3.8, 4) is 0 Å². The third-order valence-corrected chi connectivity index (χ3v) is 5.92. The Morgan fingerprint density at radius 2 is 1.90 bits per heavy atom. The molecule has 0 bridgehead atoms. The molecule has 0 saturated heterocycles. The van der Waals surface area contributed by atoms with E-state index in [4.69, 9.17) is 0 Å². The van der Waals surface area contributed by atoms with Gasteiger partial charge in [-0.25, -0.2) is 4.39 Å². The number of ketones is 2. The Labute approximate surface area is 192 Å². The molecule has 0 aliphatic heterocycles. The van der Waals surface area contributed by atoms with Gasteiger partial charge in [0.05, 0.1) is 11.1 Å². The highest BCUT2D eigenvalue weighted by atomic mass is 79.9. The highest BCUT2D eigenvalue weighted by molar-refractivity contribution is 6.01. The average molecular weight is 482 g/mol. The minimum absolute atomic E-state index is 0. The standard InChI is InChI=1S/C26H25FNO2.BrH/c1-17-7-10-23-19(13-17)8-9-21(26(23)30)14-20-11-12-28(16-24(20)18(2)29)15-22-5-3-4-6-25(22)27;/h3-7,10-13,16,21H,8-9,14-15H2,1-2H3;1H/q+1;/p-1. The largest absolute Gasteiger partial charge is 1.00 e. The quantitative estimate of drug-likeness (QED) is 0.410. The van der Waals surface area contributed by atoms with E-state index in [0.717, 1.165) is 29.5 Å². The van der Waals surface area contributed by atoms with Crippen LogP contribution in [0.3, 0.4) is 0 Å². The van der Waals surface area contributed by atoms with Crippen LogP contribution in [0.25, 0.3) is 0 Å². The number of hydrogen-bond donors (Lipinski definition) is 0. The van der Waals surface area contributed by atoms with Gasteiger partial charge >= 0.3 is 0 Å². The van der Waals surface area contributed by atoms with Gasteiger partial charge in [-0.15, -0.1) is 0 Å². The molecule has 2 aromatic carbocycles. The maximum absolute atomic E-state index is 14.0. The predicted molar refractivity (Wildman–Crippen MR) is 113 cm³/mol. The van der Waals surface area contributed by atoms with Gasteiger partial charge in [-0.1, -0.05) is 35.9 Å². The molecule has 1 atom stereocenters. The first-order valence-corrected chi connectivity index (χ1v) is 10.3. The summed E-state index contributed by atoms with van der Waals surface area (Å²) in [6.45, 7) is 3.92. The number of carbonyl (C=O) groups excluding carboxylic acids is 2. The van der Waals surface area contributed by atoms with Crippen molar-refractivity contribution in [2.45, 2.75) is 39.7 Å². The van der Waals surface area contributed by atoms with E-state index in [1.54, 1.807) is 24.4 Å². The molecular formula is C26H25BrFNO2. The highest BCUT2D eigenvalue weighted by Gasteiger charge is 2.29. The van der Waals surface area contributed by atoms with E-state index in [0.29, 0.717) is 24.1 Å². The topological polar surface area (TPSA) is 38.0 Å². The summed E-state index contributed by atoms with van der Waals surface area (Å²) in [4.78, 5) is 25.4. The maximum Gasteiger partial charge on any atom is 0.180 e. The number of benzene rings is 2. The lowest BCUT2D eigenvalue weighted by atomic mass is 9.79. The molecule has 4 rings (SSSR count). The first-order chi connectivity index (χ1) is 14.4. The first kappa shape index (κ1) is 23.0. The van der Waals surface area contributed by atoms with E-state index < -0.39 is 0 Å². The molecule has 1 unspecified atom stereocenters. The van der Waals surface area contributed by atoms with Crippen LogP contribution >= 0.6 is 0 Å². The fourth-order valence-electron chi connectivity index (χ4n) is 4.29. The van der Waals surface area contributed by atoms with Crippen LogP contribution < -0.4 is 21.5 Å². The van der Waals surface area contributed by atoms with Crippen molar-refractivity contribution in [3.05, 3.63) is 100 Å². The third kappa shape index (κ3) is 4.99. The lowest BCUT2D eigenvalue weighted by Crippen LogP contribution is -3.00. The van der Waals surface area contributed by atoms with Crippen LogP contribution in [0.2, 0.25) is 0 Å². The maximum atomic E-state index is 14.0. The highest BCUT2D eigenvalue weighted by Crippen LogP contribution is 2.29. The van der Waals surface area contributed by atoms with E-state index in [2.05, 4.69) is 6.07 Å². The summed E-state index contributed by atoms with van der Waals surface area (Å²) in [5.41, 5.74) is 5.14. The molecule has 1 aliphatic carbocycles. The molecule has 0 radical (unpaired) electrons. The molecule has 1 aromatic heterocycles. The number of aryl methyl sites for hydroxylation is 2. The first-order valence-electron chi connectivity index (χ1n) is 10.3. The minimum Gasteiger partial charge on any atom is -1.00 e. The molecule has 5 heteroatoms. The van der Waals surface area contributed by atoms with E-state index >= 15 is 0 Å². The van der Waals surface area contributed by atoms with Gasteiger partial charge in [0.1, 0.15) is 5.82 Å². The zero-order valence-corrected chi connectivity index (χ0v) is 19.3. The number of pyridine rings is 1. The average Bonchev–Trinajstić information content (AvgIpc) is 2.72. The second-order valence-electron chi connectivity index (χ2n) is 8.17. The van der Waals surface area contributed by atoms with Crippen LogP contribution in [-0.4, -0.2) is 11.6 Å². The Kier molecular flexibility index (Phi) is 7.16. The van der Waals surface area contributed by atoms with Crippen molar-refractivity contribution in [1.82, 2.24) is 0 Å². The molecule has 0 amide bonds. The van der Waals surface area contributed by atoms with Crippen molar-refractivity contribution in [2.24, 2.45) is 5.92 Å². The number of hydrogen-bond acceptors (Lipinski definition) is 2. The molecule has 160 valence electrons. The van der Waals surface area contributed by atoms with Gasteiger partial charge in [0.15, 0.2) is 30.5 Å². The molecule has 1 aliphatic rings.